The van der Waals surface area contributed by atoms with Gasteiger partial charge in [0.05, 0.1) is 15.6 Å². The molecule has 5 rings (SSSR count). The molecule has 1 N–H and O–H groups in total. The first-order chi connectivity index (χ1) is 22.1. The van der Waals surface area contributed by atoms with Crippen LogP contribution < -0.4 is 9.62 Å². The lowest BCUT2D eigenvalue weighted by Gasteiger charge is -2.34. The average molecular weight is 723 g/mol. The Bertz CT molecular complexity index is 1750. The molecule has 46 heavy (non-hydrogen) atoms. The molecule has 0 radical (unpaired) electrons. The van der Waals surface area contributed by atoms with E-state index >= 15 is 0 Å². The number of rotatable bonds is 12. The van der Waals surface area contributed by atoms with Crippen molar-refractivity contribution in [3.63, 3.8) is 0 Å². The summed E-state index contributed by atoms with van der Waals surface area (Å²) in [4.78, 5) is 30.2. The Hall–Kier alpha value is -3.66. The number of halogens is 2. The summed E-state index contributed by atoms with van der Waals surface area (Å²) in [6.45, 7) is 1.41. The van der Waals surface area contributed by atoms with Crippen LogP contribution in [0.15, 0.2) is 112 Å². The van der Waals surface area contributed by atoms with Crippen LogP contribution >= 0.6 is 27.5 Å². The summed E-state index contributed by atoms with van der Waals surface area (Å²) < 4.78 is 30.3. The van der Waals surface area contributed by atoms with Crippen molar-refractivity contribution in [2.75, 3.05) is 10.8 Å². The summed E-state index contributed by atoms with van der Waals surface area (Å²) in [6, 6.07) is 29.2. The summed E-state index contributed by atoms with van der Waals surface area (Å²) in [5.74, 6) is -0.784. The Labute approximate surface area is 284 Å². The van der Waals surface area contributed by atoms with Crippen molar-refractivity contribution in [1.29, 1.82) is 0 Å². The molecule has 0 aromatic heterocycles. The fourth-order valence-electron chi connectivity index (χ4n) is 5.71. The second-order valence-corrected chi connectivity index (χ2v) is 14.8. The number of nitrogens with zero attached hydrogens (tertiary/aromatic N) is 2. The predicted molar refractivity (Wildman–Crippen MR) is 186 cm³/mol. The number of amides is 2. The van der Waals surface area contributed by atoms with Crippen molar-refractivity contribution in [3.8, 4) is 0 Å². The quantitative estimate of drug-likeness (QED) is 0.166. The highest BCUT2D eigenvalue weighted by Gasteiger charge is 2.36. The maximum absolute atomic E-state index is 14.6. The molecule has 1 unspecified atom stereocenters. The molecule has 4 aromatic rings. The first kappa shape index (κ1) is 33.7. The van der Waals surface area contributed by atoms with Gasteiger partial charge in [0.2, 0.25) is 11.8 Å². The summed E-state index contributed by atoms with van der Waals surface area (Å²) in [5.41, 5.74) is 2.76. The van der Waals surface area contributed by atoms with E-state index in [0.717, 1.165) is 51.2 Å². The molecule has 4 aromatic carbocycles. The lowest BCUT2D eigenvalue weighted by atomic mass is 10.0. The molecule has 1 aliphatic rings. The molecular weight excluding hydrogens is 686 g/mol. The molecule has 0 spiro atoms. The van der Waals surface area contributed by atoms with E-state index in [1.165, 1.54) is 17.0 Å². The summed E-state index contributed by atoms with van der Waals surface area (Å²) in [7, 11) is -4.23. The number of benzene rings is 4. The largest absolute Gasteiger partial charge is 0.352 e. The van der Waals surface area contributed by atoms with Crippen LogP contribution in [0.3, 0.4) is 0 Å². The zero-order valence-electron chi connectivity index (χ0n) is 25.6. The standard InChI is InChI=1S/C36H37BrClN3O4S/c1-26-15-21-31(22-16-26)46(44,45)41(33-14-8-7-13-32(33)38)25-35(42)40(24-28-17-19-29(37)20-18-28)34(23-27-9-3-2-4-10-27)36(43)39-30-11-5-6-12-30/h2-4,7-10,13-22,30,34H,5-6,11-12,23-25H2,1H3,(H,39,43). The SMILES string of the molecule is Cc1ccc(S(=O)(=O)N(CC(=O)N(Cc2ccc(Br)cc2)C(Cc2ccccc2)C(=O)NC2CCCC2)c2ccccc2Cl)cc1. The molecule has 10 heteroatoms. The molecule has 1 aliphatic carbocycles. The molecule has 2 amide bonds. The van der Waals surface area contributed by atoms with Crippen LogP contribution in [0.5, 0.6) is 0 Å². The number of carbonyl (C=O) groups is 2. The number of carbonyl (C=O) groups excluding carboxylic acids is 2. The van der Waals surface area contributed by atoms with Crippen molar-refractivity contribution in [2.24, 2.45) is 0 Å². The van der Waals surface area contributed by atoms with Crippen molar-refractivity contribution in [3.05, 3.63) is 129 Å². The number of para-hydroxylation sites is 1. The van der Waals surface area contributed by atoms with Crippen LogP contribution in [0.4, 0.5) is 5.69 Å². The van der Waals surface area contributed by atoms with E-state index in [1.54, 1.807) is 36.4 Å². The van der Waals surface area contributed by atoms with Gasteiger partial charge in [-0.1, -0.05) is 113 Å². The van der Waals surface area contributed by atoms with Crippen molar-refractivity contribution in [1.82, 2.24) is 10.2 Å². The molecule has 0 saturated heterocycles. The van der Waals surface area contributed by atoms with Gasteiger partial charge >= 0.3 is 0 Å². The van der Waals surface area contributed by atoms with Crippen LogP contribution in [0, 0.1) is 6.92 Å². The minimum atomic E-state index is -4.23. The number of sulfonamides is 1. The van der Waals surface area contributed by atoms with E-state index in [4.69, 9.17) is 11.6 Å². The van der Waals surface area contributed by atoms with Gasteiger partial charge in [-0.15, -0.1) is 0 Å². The first-order valence-electron chi connectivity index (χ1n) is 15.3. The fourth-order valence-corrected chi connectivity index (χ4v) is 7.70. The Balaban J connectivity index is 1.57. The molecule has 1 atom stereocenters. The molecule has 1 fully saturated rings. The van der Waals surface area contributed by atoms with Gasteiger partial charge in [0, 0.05) is 23.5 Å². The van der Waals surface area contributed by atoms with Gasteiger partial charge in [0.25, 0.3) is 10.0 Å². The molecule has 1 saturated carbocycles. The minimum absolute atomic E-state index is 0.0325. The third-order valence-corrected chi connectivity index (χ3v) is 10.9. The molecule has 240 valence electrons. The van der Waals surface area contributed by atoms with Crippen LogP contribution in [-0.4, -0.2) is 43.8 Å². The first-order valence-corrected chi connectivity index (χ1v) is 17.9. The van der Waals surface area contributed by atoms with Gasteiger partial charge in [0.15, 0.2) is 0 Å². The summed E-state index contributed by atoms with van der Waals surface area (Å²) in [5, 5.41) is 3.38. The van der Waals surface area contributed by atoms with Crippen LogP contribution in [0.2, 0.25) is 5.02 Å². The highest BCUT2D eigenvalue weighted by Crippen LogP contribution is 2.31. The van der Waals surface area contributed by atoms with Gasteiger partial charge in [-0.05, 0) is 67.3 Å². The lowest BCUT2D eigenvalue weighted by molar-refractivity contribution is -0.140. The Morgan fingerprint density at radius 2 is 1.50 bits per heavy atom. The van der Waals surface area contributed by atoms with E-state index in [1.807, 2.05) is 61.5 Å². The smallest absolute Gasteiger partial charge is 0.264 e. The van der Waals surface area contributed by atoms with Gasteiger partial charge in [0.1, 0.15) is 12.6 Å². The average Bonchev–Trinajstić information content (AvgIpc) is 3.56. The molecule has 0 aliphatic heterocycles. The molecule has 0 heterocycles. The Kier molecular flexibility index (Phi) is 11.2. The highest BCUT2D eigenvalue weighted by atomic mass is 79.9. The summed E-state index contributed by atoms with van der Waals surface area (Å²) >= 11 is 10.0. The van der Waals surface area contributed by atoms with E-state index in [0.29, 0.717) is 0 Å². The van der Waals surface area contributed by atoms with E-state index in [9.17, 15) is 18.0 Å². The topological polar surface area (TPSA) is 86.8 Å². The van der Waals surface area contributed by atoms with Gasteiger partial charge < -0.3 is 10.2 Å². The second kappa shape index (κ2) is 15.3. The maximum atomic E-state index is 14.6. The summed E-state index contributed by atoms with van der Waals surface area (Å²) in [6.07, 6.45) is 4.12. The zero-order valence-corrected chi connectivity index (χ0v) is 28.8. The highest BCUT2D eigenvalue weighted by molar-refractivity contribution is 9.10. The number of nitrogens with one attached hydrogen (secondary N) is 1. The van der Waals surface area contributed by atoms with Crippen LogP contribution in [0.1, 0.15) is 42.4 Å². The van der Waals surface area contributed by atoms with Crippen LogP contribution in [0.25, 0.3) is 0 Å². The van der Waals surface area contributed by atoms with Crippen molar-refractivity contribution >= 4 is 55.1 Å². The molecular formula is C36H37BrClN3O4S. The van der Waals surface area contributed by atoms with E-state index < -0.39 is 28.5 Å². The fraction of sp³-hybridized carbons (Fsp3) is 0.278. The second-order valence-electron chi connectivity index (χ2n) is 11.6. The van der Waals surface area contributed by atoms with Gasteiger partial charge in [-0.3, -0.25) is 13.9 Å². The number of anilines is 1. The molecule has 7 nitrogen and oxygen atoms in total. The van der Waals surface area contributed by atoms with Crippen molar-refractivity contribution in [2.45, 2.75) is 62.6 Å². The predicted octanol–water partition coefficient (Wildman–Crippen LogP) is 7.31. The number of aryl methyl sites for hydroxylation is 1. The van der Waals surface area contributed by atoms with Gasteiger partial charge in [-0.2, -0.15) is 0 Å². The van der Waals surface area contributed by atoms with E-state index in [-0.39, 0.29) is 40.5 Å². The van der Waals surface area contributed by atoms with Crippen molar-refractivity contribution < 1.29 is 18.0 Å². The molecule has 0 bridgehead atoms. The maximum Gasteiger partial charge on any atom is 0.264 e. The third-order valence-electron chi connectivity index (χ3n) is 8.25. The van der Waals surface area contributed by atoms with E-state index in [2.05, 4.69) is 21.2 Å². The third kappa shape index (κ3) is 8.37. The number of hydrogen-bond acceptors (Lipinski definition) is 4. The zero-order chi connectivity index (χ0) is 32.7. The minimum Gasteiger partial charge on any atom is -0.352 e. The monoisotopic (exact) mass is 721 g/mol. The van der Waals surface area contributed by atoms with Crippen LogP contribution in [-0.2, 0) is 32.6 Å². The number of hydrogen-bond donors (Lipinski definition) is 1. The lowest BCUT2D eigenvalue weighted by Crippen LogP contribution is -2.54. The Morgan fingerprint density at radius 1 is 0.870 bits per heavy atom. The van der Waals surface area contributed by atoms with Gasteiger partial charge in [-0.25, -0.2) is 8.42 Å². The normalized spacial score (nSPS) is 14.1. The Morgan fingerprint density at radius 3 is 2.15 bits per heavy atom.